The van der Waals surface area contributed by atoms with Crippen molar-refractivity contribution in [2.24, 2.45) is 5.92 Å². The third-order valence-electron chi connectivity index (χ3n) is 4.30. The Kier molecular flexibility index (Phi) is 4.61. The minimum atomic E-state index is -1.58. The van der Waals surface area contributed by atoms with Crippen molar-refractivity contribution < 1.29 is 9.53 Å². The second kappa shape index (κ2) is 5.19. The van der Waals surface area contributed by atoms with Gasteiger partial charge in [-0.05, 0) is 49.7 Å². The molecule has 0 radical (unpaired) electrons. The second-order valence-corrected chi connectivity index (χ2v) is 11.4. The van der Waals surface area contributed by atoms with Crippen molar-refractivity contribution in [1.82, 2.24) is 0 Å². The third-order valence-corrected chi connectivity index (χ3v) is 8.83. The molecule has 96 valence electrons. The van der Waals surface area contributed by atoms with E-state index in [1.165, 1.54) is 12.8 Å². The lowest BCUT2D eigenvalue weighted by molar-refractivity contribution is 0.178. The van der Waals surface area contributed by atoms with E-state index in [0.717, 1.165) is 12.8 Å². The zero-order chi connectivity index (χ0) is 12.4. The Hall–Kier alpha value is 0.137. The smallest absolute Gasteiger partial charge is 0.192 e. The van der Waals surface area contributed by atoms with Gasteiger partial charge in [0.15, 0.2) is 8.32 Å². The quantitative estimate of drug-likeness (QED) is 0.766. The van der Waals surface area contributed by atoms with Gasteiger partial charge in [0.25, 0.3) is 0 Å². The molecule has 2 atom stereocenters. The Balaban J connectivity index is 2.45. The topological polar surface area (TPSA) is 29.5 Å². The van der Waals surface area contributed by atoms with E-state index < -0.39 is 8.32 Å². The molecule has 0 heterocycles. The summed E-state index contributed by atoms with van der Waals surface area (Å²) in [6.07, 6.45) is 5.00. The maximum Gasteiger partial charge on any atom is 0.192 e. The highest BCUT2D eigenvalue weighted by Gasteiger charge is 2.40. The average Bonchev–Trinajstić information content (AvgIpc) is 2.50. The number of hydrogen-bond acceptors (Lipinski definition) is 2. The summed E-state index contributed by atoms with van der Waals surface area (Å²) >= 11 is 0. The Morgan fingerprint density at radius 3 is 2.38 bits per heavy atom. The van der Waals surface area contributed by atoms with Gasteiger partial charge in [-0.3, -0.25) is 0 Å². The molecule has 1 aliphatic rings. The van der Waals surface area contributed by atoms with Crippen molar-refractivity contribution >= 4 is 8.32 Å². The van der Waals surface area contributed by atoms with Crippen molar-refractivity contribution in [2.75, 3.05) is 6.61 Å². The highest BCUT2D eigenvalue weighted by Crippen LogP contribution is 2.40. The number of hydrogen-bond donors (Lipinski definition) is 1. The molecule has 0 amide bonds. The van der Waals surface area contributed by atoms with Gasteiger partial charge < -0.3 is 9.53 Å². The van der Waals surface area contributed by atoms with Crippen LogP contribution in [0.25, 0.3) is 0 Å². The molecular formula is C13H28O2Si. The van der Waals surface area contributed by atoms with Gasteiger partial charge in [0.2, 0.25) is 0 Å². The van der Waals surface area contributed by atoms with Crippen molar-refractivity contribution in [3.05, 3.63) is 0 Å². The van der Waals surface area contributed by atoms with Gasteiger partial charge >= 0.3 is 0 Å². The van der Waals surface area contributed by atoms with Crippen LogP contribution in [0.5, 0.6) is 0 Å². The Bertz CT molecular complexity index is 220. The van der Waals surface area contributed by atoms with Gasteiger partial charge in [-0.2, -0.15) is 0 Å². The van der Waals surface area contributed by atoms with Crippen LogP contribution >= 0.6 is 0 Å². The van der Waals surface area contributed by atoms with Crippen LogP contribution in [0.4, 0.5) is 0 Å². The molecule has 1 saturated carbocycles. The van der Waals surface area contributed by atoms with Gasteiger partial charge in [0, 0.05) is 12.7 Å². The summed E-state index contributed by atoms with van der Waals surface area (Å²) in [5.74, 6) is 0.694. The fourth-order valence-corrected chi connectivity index (χ4v) is 3.58. The molecule has 0 aliphatic heterocycles. The lowest BCUT2D eigenvalue weighted by atomic mass is 10.1. The van der Waals surface area contributed by atoms with E-state index in [9.17, 15) is 0 Å². The lowest BCUT2D eigenvalue weighted by Crippen LogP contribution is -2.43. The molecular weight excluding hydrogens is 216 g/mol. The summed E-state index contributed by atoms with van der Waals surface area (Å²) in [6.45, 7) is 11.9. The first kappa shape index (κ1) is 14.2. The molecule has 1 aliphatic carbocycles. The zero-order valence-electron chi connectivity index (χ0n) is 11.5. The van der Waals surface area contributed by atoms with Gasteiger partial charge in [-0.15, -0.1) is 0 Å². The lowest BCUT2D eigenvalue weighted by Gasteiger charge is -2.38. The Morgan fingerprint density at radius 2 is 1.88 bits per heavy atom. The van der Waals surface area contributed by atoms with Crippen LogP contribution < -0.4 is 0 Å². The fraction of sp³-hybridized carbons (Fsp3) is 1.00. The van der Waals surface area contributed by atoms with Gasteiger partial charge in [-0.25, -0.2) is 0 Å². The predicted molar refractivity (Wildman–Crippen MR) is 71.1 cm³/mol. The summed E-state index contributed by atoms with van der Waals surface area (Å²) in [4.78, 5) is 0. The van der Waals surface area contributed by atoms with Crippen LogP contribution in [0, 0.1) is 5.92 Å². The Morgan fingerprint density at radius 1 is 1.25 bits per heavy atom. The summed E-state index contributed by atoms with van der Waals surface area (Å²) < 4.78 is 6.40. The minimum Gasteiger partial charge on any atom is -0.414 e. The predicted octanol–water partition coefficient (Wildman–Crippen LogP) is 3.56. The second-order valence-electron chi connectivity index (χ2n) is 6.69. The monoisotopic (exact) mass is 244 g/mol. The normalized spacial score (nSPS) is 27.4. The van der Waals surface area contributed by atoms with Gasteiger partial charge in [0.05, 0.1) is 0 Å². The molecule has 16 heavy (non-hydrogen) atoms. The van der Waals surface area contributed by atoms with E-state index >= 15 is 0 Å². The molecule has 2 nitrogen and oxygen atoms in total. The summed E-state index contributed by atoms with van der Waals surface area (Å²) in [6, 6.07) is 0. The van der Waals surface area contributed by atoms with Crippen molar-refractivity contribution in [1.29, 1.82) is 0 Å². The van der Waals surface area contributed by atoms with E-state index in [1.54, 1.807) is 0 Å². The number of aliphatic hydroxyl groups is 1. The van der Waals surface area contributed by atoms with Crippen LogP contribution in [-0.2, 0) is 4.43 Å². The first-order valence-corrected chi connectivity index (χ1v) is 9.46. The van der Waals surface area contributed by atoms with Gasteiger partial charge in [0.1, 0.15) is 0 Å². The molecule has 1 rings (SSSR count). The molecule has 0 spiro atoms. The van der Waals surface area contributed by atoms with Gasteiger partial charge in [-0.1, -0.05) is 20.8 Å². The molecule has 0 bridgehead atoms. The van der Waals surface area contributed by atoms with Crippen LogP contribution in [0.3, 0.4) is 0 Å². The average molecular weight is 244 g/mol. The first-order valence-electron chi connectivity index (χ1n) is 6.55. The maximum absolute atomic E-state index is 8.94. The van der Waals surface area contributed by atoms with Crippen LogP contribution in [0.1, 0.15) is 46.5 Å². The molecule has 3 heteroatoms. The highest BCUT2D eigenvalue weighted by atomic mass is 28.4. The van der Waals surface area contributed by atoms with E-state index in [1.807, 2.05) is 0 Å². The zero-order valence-corrected chi connectivity index (χ0v) is 12.5. The molecule has 1 fully saturated rings. The standard InChI is InChI=1S/C13H28O2Si/c1-13(2,3)16(4,5)15-12-7-6-11(10-12)8-9-14/h11-12,14H,6-10H2,1-5H3/t11-,12-/m0/s1. The van der Waals surface area contributed by atoms with Crippen molar-refractivity contribution in [3.63, 3.8) is 0 Å². The largest absolute Gasteiger partial charge is 0.414 e. The van der Waals surface area contributed by atoms with Crippen molar-refractivity contribution in [3.8, 4) is 0 Å². The summed E-state index contributed by atoms with van der Waals surface area (Å²) in [5.41, 5.74) is 0. The molecule has 0 aromatic rings. The van der Waals surface area contributed by atoms with Crippen LogP contribution in [0.2, 0.25) is 18.1 Å². The minimum absolute atomic E-state index is 0.308. The first-order chi connectivity index (χ1) is 7.26. The van der Waals surface area contributed by atoms with Crippen LogP contribution in [0.15, 0.2) is 0 Å². The van der Waals surface area contributed by atoms with E-state index in [0.29, 0.717) is 23.7 Å². The molecule has 0 saturated heterocycles. The highest BCUT2D eigenvalue weighted by molar-refractivity contribution is 6.74. The van der Waals surface area contributed by atoms with E-state index in [2.05, 4.69) is 33.9 Å². The van der Waals surface area contributed by atoms with Crippen molar-refractivity contribution in [2.45, 2.75) is 70.7 Å². The number of rotatable bonds is 4. The molecule has 1 N–H and O–H groups in total. The third kappa shape index (κ3) is 3.57. The molecule has 0 aromatic carbocycles. The summed E-state index contributed by atoms with van der Waals surface area (Å²) in [7, 11) is -1.58. The fourth-order valence-electron chi connectivity index (χ4n) is 2.17. The Labute approximate surface area is 102 Å². The molecule has 0 unspecified atom stereocenters. The van der Waals surface area contributed by atoms with E-state index in [-0.39, 0.29) is 0 Å². The number of aliphatic hydroxyl groups excluding tert-OH is 1. The van der Waals surface area contributed by atoms with E-state index in [4.69, 9.17) is 9.53 Å². The molecule has 0 aromatic heterocycles. The summed E-state index contributed by atoms with van der Waals surface area (Å²) in [5, 5.41) is 9.25. The maximum atomic E-state index is 8.94. The SMILES string of the molecule is CC(C)(C)[Si](C)(C)O[C@H]1CC[C@@H](CCO)C1. The van der Waals surface area contributed by atoms with Crippen LogP contribution in [-0.4, -0.2) is 26.1 Å².